The molecule has 1 aliphatic heterocycles. The standard InChI is InChI=1S/C17H23F4N3OS/c1-11(2)22-16(25)24-6-4-23(5-7-24)14-9-15(12(3)8-13(14)18)26-10-17(19,20)21/h8-9,11H,4-7,10H2,1-3H3,(H,22,25). The highest BCUT2D eigenvalue weighted by Crippen LogP contribution is 2.34. The lowest BCUT2D eigenvalue weighted by atomic mass is 10.2. The monoisotopic (exact) mass is 393 g/mol. The van der Waals surface area contributed by atoms with Gasteiger partial charge in [-0.2, -0.15) is 13.2 Å². The molecule has 1 N–H and O–H groups in total. The quantitative estimate of drug-likeness (QED) is 0.620. The van der Waals surface area contributed by atoms with Gasteiger partial charge in [0.25, 0.3) is 0 Å². The van der Waals surface area contributed by atoms with Crippen LogP contribution in [0.3, 0.4) is 0 Å². The Bertz CT molecular complexity index is 644. The SMILES string of the molecule is Cc1cc(F)c(N2CCN(C(=O)NC(C)C)CC2)cc1SCC(F)(F)F. The zero-order valence-electron chi connectivity index (χ0n) is 15.0. The van der Waals surface area contributed by atoms with Crippen LogP contribution in [0.25, 0.3) is 0 Å². The molecule has 1 aromatic rings. The number of hydrogen-bond acceptors (Lipinski definition) is 3. The predicted octanol–water partition coefficient (Wildman–Crippen LogP) is 4.03. The van der Waals surface area contributed by atoms with Gasteiger partial charge in [-0.3, -0.25) is 0 Å². The molecule has 9 heteroatoms. The van der Waals surface area contributed by atoms with Gasteiger partial charge in [-0.25, -0.2) is 9.18 Å². The van der Waals surface area contributed by atoms with Crippen LogP contribution in [0.4, 0.5) is 28.0 Å². The number of amides is 2. The number of nitrogens with one attached hydrogen (secondary N) is 1. The van der Waals surface area contributed by atoms with Crippen molar-refractivity contribution in [3.8, 4) is 0 Å². The van der Waals surface area contributed by atoms with Crippen molar-refractivity contribution in [2.75, 3.05) is 36.8 Å². The highest BCUT2D eigenvalue weighted by Gasteiger charge is 2.28. The summed E-state index contributed by atoms with van der Waals surface area (Å²) in [6.45, 7) is 7.04. The highest BCUT2D eigenvalue weighted by molar-refractivity contribution is 7.99. The molecule has 2 rings (SSSR count). The lowest BCUT2D eigenvalue weighted by Gasteiger charge is -2.36. The van der Waals surface area contributed by atoms with Gasteiger partial charge in [0.1, 0.15) is 5.82 Å². The summed E-state index contributed by atoms with van der Waals surface area (Å²) in [7, 11) is 0. The van der Waals surface area contributed by atoms with Crippen molar-refractivity contribution in [1.29, 1.82) is 0 Å². The summed E-state index contributed by atoms with van der Waals surface area (Å²) >= 11 is 0.660. The number of alkyl halides is 3. The number of halogens is 4. The van der Waals surface area contributed by atoms with Crippen LogP contribution in [0, 0.1) is 12.7 Å². The molecule has 1 aromatic carbocycles. The van der Waals surface area contributed by atoms with Crippen molar-refractivity contribution in [2.24, 2.45) is 0 Å². The first-order chi connectivity index (χ1) is 12.1. The second-order valence-electron chi connectivity index (χ2n) is 6.55. The van der Waals surface area contributed by atoms with E-state index in [4.69, 9.17) is 0 Å². The number of nitrogens with zero attached hydrogens (tertiary/aromatic N) is 2. The Hall–Kier alpha value is -1.64. The molecule has 1 heterocycles. The molecule has 26 heavy (non-hydrogen) atoms. The summed E-state index contributed by atoms with van der Waals surface area (Å²) < 4.78 is 51.8. The van der Waals surface area contributed by atoms with Gasteiger partial charge in [0.2, 0.25) is 0 Å². The van der Waals surface area contributed by atoms with Gasteiger partial charge in [0.05, 0.1) is 11.4 Å². The number of anilines is 1. The van der Waals surface area contributed by atoms with E-state index < -0.39 is 17.7 Å². The Morgan fingerprint density at radius 1 is 1.23 bits per heavy atom. The van der Waals surface area contributed by atoms with Crippen LogP contribution in [-0.2, 0) is 0 Å². The lowest BCUT2D eigenvalue weighted by Crippen LogP contribution is -2.53. The van der Waals surface area contributed by atoms with E-state index in [0.717, 1.165) is 0 Å². The third kappa shape index (κ3) is 5.69. The topological polar surface area (TPSA) is 35.6 Å². The van der Waals surface area contributed by atoms with Gasteiger partial charge in [-0.05, 0) is 38.5 Å². The maximum atomic E-state index is 14.4. The second kappa shape index (κ2) is 8.37. The zero-order chi connectivity index (χ0) is 19.5. The molecule has 0 aromatic heterocycles. The maximum Gasteiger partial charge on any atom is 0.398 e. The minimum absolute atomic E-state index is 0.0308. The van der Waals surface area contributed by atoms with Crippen molar-refractivity contribution < 1.29 is 22.4 Å². The number of carbonyl (C=O) groups excluding carboxylic acids is 1. The molecule has 1 saturated heterocycles. The molecule has 1 aliphatic rings. The maximum absolute atomic E-state index is 14.4. The average molecular weight is 393 g/mol. The fourth-order valence-electron chi connectivity index (χ4n) is 2.69. The van der Waals surface area contributed by atoms with Crippen LogP contribution in [0.15, 0.2) is 17.0 Å². The van der Waals surface area contributed by atoms with Gasteiger partial charge in [0.15, 0.2) is 0 Å². The van der Waals surface area contributed by atoms with E-state index in [-0.39, 0.29) is 17.8 Å². The van der Waals surface area contributed by atoms with Crippen molar-refractivity contribution >= 4 is 23.5 Å². The molecule has 0 bridgehead atoms. The van der Waals surface area contributed by atoms with Crippen LogP contribution in [0.5, 0.6) is 0 Å². The average Bonchev–Trinajstić information content (AvgIpc) is 2.53. The number of hydrogen-bond donors (Lipinski definition) is 1. The van der Waals surface area contributed by atoms with Gasteiger partial charge in [0, 0.05) is 37.1 Å². The molecular weight excluding hydrogens is 370 g/mol. The zero-order valence-corrected chi connectivity index (χ0v) is 15.8. The van der Waals surface area contributed by atoms with Gasteiger partial charge in [-0.1, -0.05) is 0 Å². The molecule has 0 aliphatic carbocycles. The van der Waals surface area contributed by atoms with E-state index >= 15 is 0 Å². The van der Waals surface area contributed by atoms with Gasteiger partial charge < -0.3 is 15.1 Å². The molecule has 4 nitrogen and oxygen atoms in total. The number of urea groups is 1. The molecule has 0 radical (unpaired) electrons. The number of thioether (sulfide) groups is 1. The van der Waals surface area contributed by atoms with Crippen LogP contribution in [0.2, 0.25) is 0 Å². The second-order valence-corrected chi connectivity index (χ2v) is 7.57. The summed E-state index contributed by atoms with van der Waals surface area (Å²) in [5.41, 5.74) is 0.764. The van der Waals surface area contributed by atoms with Crippen LogP contribution in [-0.4, -0.2) is 55.1 Å². The van der Waals surface area contributed by atoms with Crippen LogP contribution in [0.1, 0.15) is 19.4 Å². The Kier molecular flexibility index (Phi) is 6.65. The molecule has 146 valence electrons. The Balaban J connectivity index is 2.06. The first-order valence-electron chi connectivity index (χ1n) is 8.37. The van der Waals surface area contributed by atoms with Crippen molar-refractivity contribution in [3.05, 3.63) is 23.5 Å². The van der Waals surface area contributed by atoms with Crippen LogP contribution < -0.4 is 10.2 Å². The number of carbonyl (C=O) groups is 1. The summed E-state index contributed by atoms with van der Waals surface area (Å²) in [4.78, 5) is 15.8. The third-order valence-corrected chi connectivity index (χ3v) is 5.18. The smallest absolute Gasteiger partial charge is 0.366 e. The van der Waals surface area contributed by atoms with Crippen LogP contribution >= 0.6 is 11.8 Å². The van der Waals surface area contributed by atoms with E-state index in [2.05, 4.69) is 5.32 Å². The molecule has 0 unspecified atom stereocenters. The van der Waals surface area contributed by atoms with E-state index in [1.54, 1.807) is 16.7 Å². The van der Waals surface area contributed by atoms with E-state index in [9.17, 15) is 22.4 Å². The summed E-state index contributed by atoms with van der Waals surface area (Å²) in [6.07, 6.45) is -4.28. The third-order valence-electron chi connectivity index (χ3n) is 3.96. The van der Waals surface area contributed by atoms with Crippen molar-refractivity contribution in [3.63, 3.8) is 0 Å². The van der Waals surface area contributed by atoms with E-state index in [1.165, 1.54) is 12.1 Å². The van der Waals surface area contributed by atoms with E-state index in [1.807, 2.05) is 13.8 Å². The first kappa shape index (κ1) is 20.7. The summed E-state index contributed by atoms with van der Waals surface area (Å²) in [5.74, 6) is -1.47. The van der Waals surface area contributed by atoms with Gasteiger partial charge in [-0.15, -0.1) is 11.8 Å². The molecule has 1 fully saturated rings. The minimum atomic E-state index is -4.28. The number of rotatable bonds is 4. The number of piperazine rings is 1. The Morgan fingerprint density at radius 2 is 1.85 bits per heavy atom. The molecular formula is C17H23F4N3OS. The fraction of sp³-hybridized carbons (Fsp3) is 0.588. The normalized spacial score (nSPS) is 15.5. The Morgan fingerprint density at radius 3 is 2.38 bits per heavy atom. The Labute approximate surface area is 154 Å². The van der Waals surface area contributed by atoms with Gasteiger partial charge >= 0.3 is 12.2 Å². The summed E-state index contributed by atoms with van der Waals surface area (Å²) in [5, 5.41) is 2.81. The fourth-order valence-corrected chi connectivity index (χ4v) is 3.49. The first-order valence-corrected chi connectivity index (χ1v) is 9.35. The number of benzene rings is 1. The van der Waals surface area contributed by atoms with Crippen molar-refractivity contribution in [2.45, 2.75) is 37.9 Å². The predicted molar refractivity (Wildman–Crippen MR) is 95.4 cm³/mol. The molecule has 0 saturated carbocycles. The molecule has 0 atom stereocenters. The molecule has 2 amide bonds. The lowest BCUT2D eigenvalue weighted by molar-refractivity contribution is -0.105. The molecule has 0 spiro atoms. The van der Waals surface area contributed by atoms with Crippen molar-refractivity contribution in [1.82, 2.24) is 10.2 Å². The minimum Gasteiger partial charge on any atom is -0.366 e. The van der Waals surface area contributed by atoms with E-state index in [0.29, 0.717) is 48.4 Å². The number of aryl methyl sites for hydroxylation is 1. The highest BCUT2D eigenvalue weighted by atomic mass is 32.2. The largest absolute Gasteiger partial charge is 0.398 e. The summed E-state index contributed by atoms with van der Waals surface area (Å²) in [6, 6.07) is 2.62.